The highest BCUT2D eigenvalue weighted by atomic mass is 16.5. The number of piperidine rings is 1. The van der Waals surface area contributed by atoms with Crippen molar-refractivity contribution < 1.29 is 18.6 Å². The Morgan fingerprint density at radius 3 is 2.12 bits per heavy atom. The van der Waals surface area contributed by atoms with Crippen LogP contribution in [0.4, 0.5) is 5.69 Å². The summed E-state index contributed by atoms with van der Waals surface area (Å²) in [6.07, 6.45) is 2.16. The van der Waals surface area contributed by atoms with E-state index in [0.29, 0.717) is 53.1 Å². The largest absolute Gasteiger partial charge is 0.493 e. The highest BCUT2D eigenvalue weighted by molar-refractivity contribution is 5.93. The Labute approximate surface area is 246 Å². The van der Waals surface area contributed by atoms with E-state index in [0.717, 1.165) is 48.3 Å². The van der Waals surface area contributed by atoms with Gasteiger partial charge in [-0.2, -0.15) is 0 Å². The van der Waals surface area contributed by atoms with Gasteiger partial charge in [0.1, 0.15) is 30.3 Å². The molecule has 0 spiro atoms. The van der Waals surface area contributed by atoms with Crippen molar-refractivity contribution >= 4 is 16.7 Å². The minimum Gasteiger partial charge on any atom is -0.493 e. The lowest BCUT2D eigenvalue weighted by molar-refractivity contribution is 0.284. The number of methoxy groups -OCH3 is 1. The zero-order valence-electron chi connectivity index (χ0n) is 24.0. The van der Waals surface area contributed by atoms with Gasteiger partial charge in [-0.05, 0) is 48.1 Å². The van der Waals surface area contributed by atoms with Gasteiger partial charge in [0.15, 0.2) is 16.9 Å². The molecule has 6 rings (SSSR count). The molecule has 0 bridgehead atoms. The Balaban J connectivity index is 1.38. The van der Waals surface area contributed by atoms with E-state index in [2.05, 4.69) is 11.8 Å². The van der Waals surface area contributed by atoms with Crippen LogP contribution in [0.15, 0.2) is 106 Å². The first kappa shape index (κ1) is 27.5. The van der Waals surface area contributed by atoms with Crippen molar-refractivity contribution in [2.75, 3.05) is 25.1 Å². The molecule has 0 N–H and O–H groups in total. The van der Waals surface area contributed by atoms with Gasteiger partial charge in [0.25, 0.3) is 0 Å². The monoisotopic (exact) mass is 561 g/mol. The van der Waals surface area contributed by atoms with Crippen LogP contribution in [0.25, 0.3) is 22.3 Å². The fraction of sp³-hybridized carbons (Fsp3) is 0.250. The molecule has 0 amide bonds. The van der Waals surface area contributed by atoms with Gasteiger partial charge in [0.05, 0.1) is 18.2 Å². The van der Waals surface area contributed by atoms with Crippen molar-refractivity contribution in [2.45, 2.75) is 33.0 Å². The maximum absolute atomic E-state index is 13.7. The van der Waals surface area contributed by atoms with Gasteiger partial charge in [-0.1, -0.05) is 67.6 Å². The van der Waals surface area contributed by atoms with Gasteiger partial charge < -0.3 is 23.5 Å². The number of benzene rings is 4. The molecule has 0 saturated carbocycles. The van der Waals surface area contributed by atoms with Crippen LogP contribution < -0.4 is 24.5 Å². The molecule has 214 valence electrons. The van der Waals surface area contributed by atoms with Gasteiger partial charge in [-0.15, -0.1) is 0 Å². The first-order valence-electron chi connectivity index (χ1n) is 14.5. The molecule has 0 unspecified atom stereocenters. The number of hydrogen-bond donors (Lipinski definition) is 0. The number of hydrogen-bond acceptors (Lipinski definition) is 6. The van der Waals surface area contributed by atoms with Crippen LogP contribution >= 0.6 is 0 Å². The maximum Gasteiger partial charge on any atom is 0.195 e. The normalized spacial score (nSPS) is 13.7. The summed E-state index contributed by atoms with van der Waals surface area (Å²) >= 11 is 0. The van der Waals surface area contributed by atoms with Crippen LogP contribution in [0.3, 0.4) is 0 Å². The first-order chi connectivity index (χ1) is 20.6. The molecule has 5 aromatic rings. The molecule has 0 aliphatic carbocycles. The lowest BCUT2D eigenvalue weighted by atomic mass is 9.98. The third kappa shape index (κ3) is 6.13. The van der Waals surface area contributed by atoms with E-state index in [4.69, 9.17) is 18.6 Å². The molecular weight excluding hydrogens is 526 g/mol. The van der Waals surface area contributed by atoms with Crippen LogP contribution in [0.1, 0.15) is 30.9 Å². The summed E-state index contributed by atoms with van der Waals surface area (Å²) in [5.41, 5.74) is 4.12. The summed E-state index contributed by atoms with van der Waals surface area (Å²) in [5, 5.41) is 0.578. The molecule has 0 atom stereocenters. The molecular formula is C36H35NO5. The zero-order chi connectivity index (χ0) is 28.9. The lowest BCUT2D eigenvalue weighted by Gasteiger charge is -2.32. The standard InChI is InChI=1S/C36H35NO5/c1-25-15-17-37(18-16-25)30-20-29(40-23-26-9-5-3-6-10-26)21-35-36(30)31(38)22-33(42-35)28-13-14-32(39-2)34(19-28)41-24-27-11-7-4-8-12-27/h3-14,19-22,25H,15-18,23-24H2,1-2H3. The Bertz CT molecular complexity index is 1710. The van der Waals surface area contributed by atoms with E-state index in [9.17, 15) is 4.79 Å². The Morgan fingerprint density at radius 2 is 1.45 bits per heavy atom. The average Bonchev–Trinajstić information content (AvgIpc) is 3.03. The van der Waals surface area contributed by atoms with Gasteiger partial charge in [-0.3, -0.25) is 4.79 Å². The fourth-order valence-corrected chi connectivity index (χ4v) is 5.39. The van der Waals surface area contributed by atoms with E-state index in [1.807, 2.05) is 91.0 Å². The van der Waals surface area contributed by atoms with Gasteiger partial charge in [0.2, 0.25) is 0 Å². The maximum atomic E-state index is 13.7. The summed E-state index contributed by atoms with van der Waals surface area (Å²) < 4.78 is 24.4. The Morgan fingerprint density at radius 1 is 0.786 bits per heavy atom. The minimum atomic E-state index is -0.0861. The molecule has 42 heavy (non-hydrogen) atoms. The van der Waals surface area contributed by atoms with Crippen LogP contribution in [0, 0.1) is 5.92 Å². The first-order valence-corrected chi connectivity index (χ1v) is 14.5. The number of rotatable bonds is 9. The highest BCUT2D eigenvalue weighted by Gasteiger charge is 2.22. The highest BCUT2D eigenvalue weighted by Crippen LogP contribution is 2.37. The van der Waals surface area contributed by atoms with Crippen molar-refractivity contribution in [1.82, 2.24) is 0 Å². The predicted octanol–water partition coefficient (Wildman–Crippen LogP) is 7.86. The second kappa shape index (κ2) is 12.4. The zero-order valence-corrected chi connectivity index (χ0v) is 24.0. The molecule has 0 radical (unpaired) electrons. The molecule has 1 aromatic heterocycles. The average molecular weight is 562 g/mol. The smallest absolute Gasteiger partial charge is 0.195 e. The summed E-state index contributed by atoms with van der Waals surface area (Å²) in [5.74, 6) is 2.97. The Hall–Kier alpha value is -4.71. The topological polar surface area (TPSA) is 61.1 Å². The number of ether oxygens (including phenoxy) is 3. The summed E-state index contributed by atoms with van der Waals surface area (Å²) in [6.45, 7) is 4.87. The second-order valence-corrected chi connectivity index (χ2v) is 10.9. The van der Waals surface area contributed by atoms with Crippen LogP contribution in [-0.4, -0.2) is 20.2 Å². The molecule has 6 heteroatoms. The molecule has 2 heterocycles. The van der Waals surface area contributed by atoms with Crippen LogP contribution in [0.2, 0.25) is 0 Å². The van der Waals surface area contributed by atoms with E-state index in [1.165, 1.54) is 0 Å². The van der Waals surface area contributed by atoms with Crippen molar-refractivity contribution in [3.63, 3.8) is 0 Å². The van der Waals surface area contributed by atoms with Gasteiger partial charge in [0, 0.05) is 36.9 Å². The van der Waals surface area contributed by atoms with E-state index in [1.54, 1.807) is 13.2 Å². The van der Waals surface area contributed by atoms with Crippen molar-refractivity contribution in [2.24, 2.45) is 5.92 Å². The van der Waals surface area contributed by atoms with Crippen LogP contribution in [0.5, 0.6) is 17.2 Å². The quantitative estimate of drug-likeness (QED) is 0.183. The molecule has 1 aliphatic rings. The van der Waals surface area contributed by atoms with Gasteiger partial charge >= 0.3 is 0 Å². The predicted molar refractivity (Wildman–Crippen MR) is 167 cm³/mol. The number of nitrogens with zero attached hydrogens (tertiary/aromatic N) is 1. The van der Waals surface area contributed by atoms with Crippen molar-refractivity contribution in [1.29, 1.82) is 0 Å². The van der Waals surface area contributed by atoms with Crippen LogP contribution in [-0.2, 0) is 13.2 Å². The van der Waals surface area contributed by atoms with E-state index < -0.39 is 0 Å². The lowest BCUT2D eigenvalue weighted by Crippen LogP contribution is -2.33. The summed E-state index contributed by atoms with van der Waals surface area (Å²) in [7, 11) is 1.61. The van der Waals surface area contributed by atoms with E-state index >= 15 is 0 Å². The van der Waals surface area contributed by atoms with Crippen molar-refractivity contribution in [3.8, 4) is 28.6 Å². The SMILES string of the molecule is COc1ccc(-c2cc(=O)c3c(N4CCC(C)CC4)cc(OCc4ccccc4)cc3o2)cc1OCc1ccccc1. The van der Waals surface area contributed by atoms with Crippen molar-refractivity contribution in [3.05, 3.63) is 118 Å². The molecule has 4 aromatic carbocycles. The third-order valence-electron chi connectivity index (χ3n) is 7.84. The molecule has 1 fully saturated rings. The minimum absolute atomic E-state index is 0.0861. The number of fused-ring (bicyclic) bond motifs is 1. The molecule has 6 nitrogen and oxygen atoms in total. The third-order valence-corrected chi connectivity index (χ3v) is 7.84. The Kier molecular flexibility index (Phi) is 8.13. The summed E-state index contributed by atoms with van der Waals surface area (Å²) in [4.78, 5) is 16.0. The van der Waals surface area contributed by atoms with E-state index in [-0.39, 0.29) is 5.43 Å². The molecule has 1 aliphatic heterocycles. The summed E-state index contributed by atoms with van der Waals surface area (Å²) in [6, 6.07) is 31.0. The fourth-order valence-electron chi connectivity index (χ4n) is 5.39. The van der Waals surface area contributed by atoms with Gasteiger partial charge in [-0.25, -0.2) is 0 Å². The second-order valence-electron chi connectivity index (χ2n) is 10.9. The number of anilines is 1. The molecule has 1 saturated heterocycles.